The first-order valence-electron chi connectivity index (χ1n) is 6.70. The molecular formula is C17H17N3. The Kier molecular flexibility index (Phi) is 3.35. The van der Waals surface area contributed by atoms with E-state index in [-0.39, 0.29) is 6.04 Å². The summed E-state index contributed by atoms with van der Waals surface area (Å²) in [6.45, 7) is 1.99. The van der Waals surface area contributed by atoms with Crippen molar-refractivity contribution in [3.63, 3.8) is 0 Å². The molecule has 0 aliphatic carbocycles. The summed E-state index contributed by atoms with van der Waals surface area (Å²) < 4.78 is 1.89. The molecule has 2 N–H and O–H groups in total. The molecule has 0 saturated heterocycles. The molecule has 0 radical (unpaired) electrons. The highest BCUT2D eigenvalue weighted by atomic mass is 15.3. The van der Waals surface area contributed by atoms with Crippen molar-refractivity contribution in [3.8, 4) is 16.8 Å². The number of hydrogen-bond donors (Lipinski definition) is 1. The molecule has 2 aromatic carbocycles. The first-order chi connectivity index (χ1) is 9.75. The second-order valence-electron chi connectivity index (χ2n) is 4.89. The van der Waals surface area contributed by atoms with Gasteiger partial charge >= 0.3 is 0 Å². The van der Waals surface area contributed by atoms with Crippen molar-refractivity contribution in [1.82, 2.24) is 9.78 Å². The number of benzene rings is 2. The smallest absolute Gasteiger partial charge is 0.0693 e. The zero-order chi connectivity index (χ0) is 13.9. The van der Waals surface area contributed by atoms with Crippen LogP contribution in [0.3, 0.4) is 0 Å². The van der Waals surface area contributed by atoms with E-state index < -0.39 is 0 Å². The van der Waals surface area contributed by atoms with Crippen molar-refractivity contribution in [1.29, 1.82) is 0 Å². The average molecular weight is 263 g/mol. The van der Waals surface area contributed by atoms with E-state index in [2.05, 4.69) is 17.2 Å². The normalized spacial score (nSPS) is 12.3. The fraction of sp³-hybridized carbons (Fsp3) is 0.118. The molecule has 0 fully saturated rings. The van der Waals surface area contributed by atoms with Crippen LogP contribution >= 0.6 is 0 Å². The number of hydrogen-bond acceptors (Lipinski definition) is 2. The van der Waals surface area contributed by atoms with E-state index in [0.29, 0.717) is 0 Å². The van der Waals surface area contributed by atoms with Crippen molar-refractivity contribution < 1.29 is 0 Å². The van der Waals surface area contributed by atoms with Crippen molar-refractivity contribution in [2.24, 2.45) is 5.73 Å². The minimum absolute atomic E-state index is 0.0180. The molecule has 1 heterocycles. The van der Waals surface area contributed by atoms with Gasteiger partial charge in [0.25, 0.3) is 0 Å². The standard InChI is InChI=1S/C17H17N3/c1-13(18)16-9-5-6-10-17(16)20-12-15(11-19-20)14-7-3-2-4-8-14/h2-13H,18H2,1H3/t13-/m0/s1. The molecule has 3 aromatic rings. The quantitative estimate of drug-likeness (QED) is 0.785. The third-order valence-electron chi connectivity index (χ3n) is 3.36. The van der Waals surface area contributed by atoms with Crippen LogP contribution in [0.2, 0.25) is 0 Å². The monoisotopic (exact) mass is 263 g/mol. The Balaban J connectivity index is 2.03. The Morgan fingerprint density at radius 3 is 2.40 bits per heavy atom. The van der Waals surface area contributed by atoms with Crippen LogP contribution in [0.5, 0.6) is 0 Å². The van der Waals surface area contributed by atoms with Crippen LogP contribution < -0.4 is 5.73 Å². The molecule has 0 spiro atoms. The van der Waals surface area contributed by atoms with E-state index in [1.807, 2.05) is 66.5 Å². The lowest BCUT2D eigenvalue weighted by atomic mass is 10.1. The molecule has 3 heteroatoms. The van der Waals surface area contributed by atoms with Crippen molar-refractivity contribution >= 4 is 0 Å². The SMILES string of the molecule is C[C@H](N)c1ccccc1-n1cc(-c2ccccc2)cn1. The molecule has 0 aliphatic rings. The molecule has 0 unspecified atom stereocenters. The Bertz CT molecular complexity index is 699. The molecule has 1 aromatic heterocycles. The number of nitrogens with two attached hydrogens (primary N) is 1. The summed E-state index contributed by atoms with van der Waals surface area (Å²) in [7, 11) is 0. The number of para-hydroxylation sites is 1. The Morgan fingerprint density at radius 2 is 1.65 bits per heavy atom. The third-order valence-corrected chi connectivity index (χ3v) is 3.36. The van der Waals surface area contributed by atoms with Gasteiger partial charge in [-0.05, 0) is 24.1 Å². The maximum absolute atomic E-state index is 6.03. The molecule has 0 saturated carbocycles. The van der Waals surface area contributed by atoms with E-state index in [4.69, 9.17) is 5.73 Å². The fourth-order valence-electron chi connectivity index (χ4n) is 2.32. The van der Waals surface area contributed by atoms with Gasteiger partial charge in [-0.3, -0.25) is 0 Å². The maximum atomic E-state index is 6.03. The summed E-state index contributed by atoms with van der Waals surface area (Å²) in [6.07, 6.45) is 3.92. The molecule has 1 atom stereocenters. The van der Waals surface area contributed by atoms with E-state index in [1.165, 1.54) is 0 Å². The van der Waals surface area contributed by atoms with Gasteiger partial charge in [0, 0.05) is 17.8 Å². The largest absolute Gasteiger partial charge is 0.324 e. The van der Waals surface area contributed by atoms with Crippen LogP contribution in [0.15, 0.2) is 67.0 Å². The van der Waals surface area contributed by atoms with Crippen LogP contribution in [0, 0.1) is 0 Å². The molecule has 3 nitrogen and oxygen atoms in total. The Morgan fingerprint density at radius 1 is 0.950 bits per heavy atom. The summed E-state index contributed by atoms with van der Waals surface area (Å²) in [5.74, 6) is 0. The second-order valence-corrected chi connectivity index (χ2v) is 4.89. The zero-order valence-corrected chi connectivity index (χ0v) is 11.4. The van der Waals surface area contributed by atoms with Crippen LogP contribution in [-0.2, 0) is 0 Å². The molecule has 3 rings (SSSR count). The minimum Gasteiger partial charge on any atom is -0.324 e. The predicted octanol–water partition coefficient (Wildman–Crippen LogP) is 3.56. The van der Waals surface area contributed by atoms with E-state index in [0.717, 1.165) is 22.4 Å². The van der Waals surface area contributed by atoms with E-state index in [9.17, 15) is 0 Å². The van der Waals surface area contributed by atoms with Crippen LogP contribution in [-0.4, -0.2) is 9.78 Å². The van der Waals surface area contributed by atoms with Gasteiger partial charge in [-0.15, -0.1) is 0 Å². The Labute approximate surface area is 118 Å². The second kappa shape index (κ2) is 5.31. The topological polar surface area (TPSA) is 43.8 Å². The van der Waals surface area contributed by atoms with Gasteiger partial charge in [0.2, 0.25) is 0 Å². The molecule has 20 heavy (non-hydrogen) atoms. The zero-order valence-electron chi connectivity index (χ0n) is 11.4. The van der Waals surface area contributed by atoms with Crippen LogP contribution in [0.4, 0.5) is 0 Å². The third kappa shape index (κ3) is 2.36. The lowest BCUT2D eigenvalue weighted by molar-refractivity contribution is 0.781. The maximum Gasteiger partial charge on any atom is 0.0693 e. The predicted molar refractivity (Wildman–Crippen MR) is 81.6 cm³/mol. The van der Waals surface area contributed by atoms with Gasteiger partial charge in [0.05, 0.1) is 11.9 Å². The fourth-order valence-corrected chi connectivity index (χ4v) is 2.32. The van der Waals surface area contributed by atoms with Gasteiger partial charge in [-0.25, -0.2) is 4.68 Å². The lowest BCUT2D eigenvalue weighted by Gasteiger charge is -2.12. The first-order valence-corrected chi connectivity index (χ1v) is 6.70. The number of aromatic nitrogens is 2. The lowest BCUT2D eigenvalue weighted by Crippen LogP contribution is -2.09. The van der Waals surface area contributed by atoms with Crippen LogP contribution in [0.1, 0.15) is 18.5 Å². The molecule has 100 valence electrons. The molecular weight excluding hydrogens is 246 g/mol. The van der Waals surface area contributed by atoms with Crippen molar-refractivity contribution in [2.45, 2.75) is 13.0 Å². The van der Waals surface area contributed by atoms with Gasteiger partial charge in [0.15, 0.2) is 0 Å². The van der Waals surface area contributed by atoms with Crippen molar-refractivity contribution in [3.05, 3.63) is 72.6 Å². The van der Waals surface area contributed by atoms with E-state index >= 15 is 0 Å². The van der Waals surface area contributed by atoms with Gasteiger partial charge < -0.3 is 5.73 Å². The summed E-state index contributed by atoms with van der Waals surface area (Å²) in [6, 6.07) is 18.3. The van der Waals surface area contributed by atoms with Crippen LogP contribution in [0.25, 0.3) is 16.8 Å². The number of nitrogens with zero attached hydrogens (tertiary/aromatic N) is 2. The summed E-state index contributed by atoms with van der Waals surface area (Å²) in [5.41, 5.74) is 10.4. The van der Waals surface area contributed by atoms with Gasteiger partial charge in [-0.1, -0.05) is 48.5 Å². The van der Waals surface area contributed by atoms with Crippen molar-refractivity contribution in [2.75, 3.05) is 0 Å². The highest BCUT2D eigenvalue weighted by Gasteiger charge is 2.09. The van der Waals surface area contributed by atoms with E-state index in [1.54, 1.807) is 0 Å². The van der Waals surface area contributed by atoms with Gasteiger partial charge in [-0.2, -0.15) is 5.10 Å². The average Bonchev–Trinajstić information content (AvgIpc) is 2.98. The first kappa shape index (κ1) is 12.6. The summed E-state index contributed by atoms with van der Waals surface area (Å²) in [4.78, 5) is 0. The highest BCUT2D eigenvalue weighted by Crippen LogP contribution is 2.23. The molecule has 0 aliphatic heterocycles. The highest BCUT2D eigenvalue weighted by molar-refractivity contribution is 5.62. The molecule has 0 amide bonds. The minimum atomic E-state index is -0.0180. The number of rotatable bonds is 3. The Hall–Kier alpha value is -2.39. The summed E-state index contributed by atoms with van der Waals surface area (Å²) in [5, 5.41) is 4.47. The van der Waals surface area contributed by atoms with Gasteiger partial charge in [0.1, 0.15) is 0 Å². The molecule has 0 bridgehead atoms. The summed E-state index contributed by atoms with van der Waals surface area (Å²) >= 11 is 0.